The first-order valence-electron chi connectivity index (χ1n) is 16.8. The van der Waals surface area contributed by atoms with E-state index in [-0.39, 0.29) is 11.8 Å². The Balaban J connectivity index is 1.55. The van der Waals surface area contributed by atoms with Crippen LogP contribution in [-0.4, -0.2) is 88.4 Å². The summed E-state index contributed by atoms with van der Waals surface area (Å²) >= 11 is 0. The molecule has 2 saturated carbocycles. The second kappa shape index (κ2) is 16.5. The predicted octanol–water partition coefficient (Wildman–Crippen LogP) is 6.74. The minimum Gasteiger partial charge on any atom is -0.497 e. The number of hydrogen-bond donors (Lipinski definition) is 0. The second-order valence-corrected chi connectivity index (χ2v) is 13.6. The molecule has 2 atom stereocenters. The van der Waals surface area contributed by atoms with Crippen molar-refractivity contribution in [2.45, 2.75) is 87.2 Å². The van der Waals surface area contributed by atoms with Crippen LogP contribution in [0.2, 0.25) is 0 Å². The van der Waals surface area contributed by atoms with Crippen molar-refractivity contribution in [3.05, 3.63) is 71.8 Å². The molecule has 2 aliphatic rings. The van der Waals surface area contributed by atoms with Gasteiger partial charge in [0.1, 0.15) is 22.7 Å². The van der Waals surface area contributed by atoms with E-state index in [1.807, 2.05) is 52.5 Å². The molecule has 0 spiro atoms. The molecule has 2 aromatic rings. The van der Waals surface area contributed by atoms with Crippen molar-refractivity contribution in [1.29, 1.82) is 0 Å². The fourth-order valence-corrected chi connectivity index (χ4v) is 7.50. The van der Waals surface area contributed by atoms with Crippen molar-refractivity contribution < 1.29 is 28.5 Å². The van der Waals surface area contributed by atoms with Gasteiger partial charge in [-0.2, -0.15) is 0 Å². The van der Waals surface area contributed by atoms with Gasteiger partial charge in [-0.05, 0) is 115 Å². The third-order valence-corrected chi connectivity index (χ3v) is 9.76. The molecular weight excluding hydrogens is 580 g/mol. The van der Waals surface area contributed by atoms with Gasteiger partial charge in [-0.3, -0.25) is 0 Å². The Labute approximate surface area is 276 Å². The van der Waals surface area contributed by atoms with Gasteiger partial charge in [0.25, 0.3) is 0 Å². The molecule has 0 N–H and O–H groups in total. The van der Waals surface area contributed by atoms with Crippen LogP contribution in [0.4, 0.5) is 0 Å². The number of hydrogen-bond acceptors (Lipinski definition) is 8. The van der Waals surface area contributed by atoms with E-state index in [2.05, 4.69) is 34.1 Å². The van der Waals surface area contributed by atoms with Crippen LogP contribution in [0, 0.1) is 0 Å². The number of carbonyl (C=O) groups excluding carboxylic acids is 2. The fraction of sp³-hybridized carbons (Fsp3) is 0.579. The maximum atomic E-state index is 13.5. The minimum atomic E-state index is -0.668. The molecule has 0 heterocycles. The van der Waals surface area contributed by atoms with Gasteiger partial charge in [-0.1, -0.05) is 37.1 Å². The molecule has 0 aliphatic heterocycles. The van der Waals surface area contributed by atoms with E-state index in [4.69, 9.17) is 18.9 Å². The zero-order valence-corrected chi connectivity index (χ0v) is 28.8. The van der Waals surface area contributed by atoms with E-state index in [1.165, 1.54) is 12.2 Å². The number of carbonyl (C=O) groups is 2. The lowest BCUT2D eigenvalue weighted by molar-refractivity contribution is -0.164. The Morgan fingerprint density at radius 2 is 0.935 bits per heavy atom. The maximum Gasteiger partial charge on any atom is 0.331 e. The van der Waals surface area contributed by atoms with Crippen LogP contribution in [0.3, 0.4) is 0 Å². The summed E-state index contributed by atoms with van der Waals surface area (Å²) in [4.78, 5) is 31.3. The van der Waals surface area contributed by atoms with Gasteiger partial charge in [0, 0.05) is 37.1 Å². The standard InChI is InChI=1S/C38H54N2O6/c1-39(2)27-33(29-13-17-31(43-5)18-14-29)37(23-9-7-10-24-37)45-35(41)21-22-36(42)46-38(25-11-8-12-26-38)34(28-40(3)4)30-15-19-32(44-6)20-16-30/h13-22,33-34H,7-12,23-28H2,1-6H3/b22-21+. The Hall–Kier alpha value is -3.36. The summed E-state index contributed by atoms with van der Waals surface area (Å²) in [6.45, 7) is 1.46. The van der Waals surface area contributed by atoms with Crippen LogP contribution >= 0.6 is 0 Å². The third-order valence-electron chi connectivity index (χ3n) is 9.76. The van der Waals surface area contributed by atoms with E-state index in [0.717, 1.165) is 99.9 Å². The molecule has 0 radical (unpaired) electrons. The molecule has 8 heteroatoms. The zero-order chi connectivity index (χ0) is 33.2. The Kier molecular flexibility index (Phi) is 12.7. The topological polar surface area (TPSA) is 77.5 Å². The van der Waals surface area contributed by atoms with E-state index >= 15 is 0 Å². The van der Waals surface area contributed by atoms with Crippen LogP contribution in [0.1, 0.15) is 87.2 Å². The van der Waals surface area contributed by atoms with Gasteiger partial charge in [0.2, 0.25) is 0 Å². The average Bonchev–Trinajstić information content (AvgIpc) is 3.06. The van der Waals surface area contributed by atoms with E-state index in [0.29, 0.717) is 0 Å². The van der Waals surface area contributed by atoms with E-state index in [1.54, 1.807) is 14.2 Å². The second-order valence-electron chi connectivity index (χ2n) is 13.6. The Morgan fingerprint density at radius 1 is 0.609 bits per heavy atom. The molecule has 0 amide bonds. The zero-order valence-electron chi connectivity index (χ0n) is 28.8. The summed E-state index contributed by atoms with van der Waals surface area (Å²) in [6.07, 6.45) is 11.8. The highest BCUT2D eigenvalue weighted by Gasteiger charge is 2.45. The molecule has 0 aromatic heterocycles. The summed E-state index contributed by atoms with van der Waals surface area (Å²) in [5.41, 5.74) is 0.880. The summed E-state index contributed by atoms with van der Waals surface area (Å²) in [6, 6.07) is 16.1. The molecule has 0 bridgehead atoms. The van der Waals surface area contributed by atoms with Gasteiger partial charge in [0.15, 0.2) is 0 Å². The lowest BCUT2D eigenvalue weighted by Gasteiger charge is -2.44. The number of likely N-dealkylation sites (N-methyl/N-ethyl adjacent to an activating group) is 2. The van der Waals surface area contributed by atoms with Gasteiger partial charge in [0.05, 0.1) is 14.2 Å². The number of methoxy groups -OCH3 is 2. The first kappa shape index (κ1) is 35.5. The van der Waals surface area contributed by atoms with Crippen LogP contribution in [0.5, 0.6) is 11.5 Å². The van der Waals surface area contributed by atoms with Crippen LogP contribution in [-0.2, 0) is 19.1 Å². The molecule has 2 aromatic carbocycles. The molecule has 8 nitrogen and oxygen atoms in total. The van der Waals surface area contributed by atoms with Crippen LogP contribution in [0.15, 0.2) is 60.7 Å². The monoisotopic (exact) mass is 634 g/mol. The highest BCUT2D eigenvalue weighted by molar-refractivity contribution is 5.92. The number of nitrogens with zero attached hydrogens (tertiary/aromatic N) is 2. The van der Waals surface area contributed by atoms with Crippen molar-refractivity contribution in [3.8, 4) is 11.5 Å². The number of rotatable bonds is 14. The molecule has 46 heavy (non-hydrogen) atoms. The lowest BCUT2D eigenvalue weighted by Crippen LogP contribution is -2.46. The fourth-order valence-electron chi connectivity index (χ4n) is 7.50. The quantitative estimate of drug-likeness (QED) is 0.167. The summed E-state index contributed by atoms with van der Waals surface area (Å²) in [7, 11) is 11.5. The molecule has 2 aliphatic carbocycles. The SMILES string of the molecule is COc1ccc(C(CN(C)C)C2(OC(=O)/C=C/C(=O)OC3(C(CN(C)C)c4ccc(OC)cc4)CCCCC3)CCCCC2)cc1. The average molecular weight is 635 g/mol. The summed E-state index contributed by atoms with van der Waals surface area (Å²) in [5, 5.41) is 0. The van der Waals surface area contributed by atoms with Crippen molar-refractivity contribution in [1.82, 2.24) is 9.80 Å². The van der Waals surface area contributed by atoms with E-state index < -0.39 is 23.1 Å². The molecule has 2 fully saturated rings. The van der Waals surface area contributed by atoms with Crippen molar-refractivity contribution in [2.24, 2.45) is 0 Å². The maximum absolute atomic E-state index is 13.5. The molecular formula is C38H54N2O6. The molecule has 0 saturated heterocycles. The van der Waals surface area contributed by atoms with Gasteiger partial charge in [-0.15, -0.1) is 0 Å². The first-order chi connectivity index (χ1) is 22.1. The minimum absolute atomic E-state index is 0.0280. The van der Waals surface area contributed by atoms with Gasteiger partial charge >= 0.3 is 11.9 Å². The number of benzene rings is 2. The third kappa shape index (κ3) is 9.13. The van der Waals surface area contributed by atoms with Gasteiger partial charge < -0.3 is 28.7 Å². The first-order valence-corrected chi connectivity index (χ1v) is 16.8. The van der Waals surface area contributed by atoms with Crippen molar-refractivity contribution in [3.63, 3.8) is 0 Å². The molecule has 4 rings (SSSR count). The highest BCUT2D eigenvalue weighted by atomic mass is 16.6. The molecule has 2 unspecified atom stereocenters. The normalized spacial score (nSPS) is 19.0. The number of esters is 2. The predicted molar refractivity (Wildman–Crippen MR) is 182 cm³/mol. The van der Waals surface area contributed by atoms with Gasteiger partial charge in [-0.25, -0.2) is 9.59 Å². The Bertz CT molecular complexity index is 1180. The summed E-state index contributed by atoms with van der Waals surface area (Å²) < 4.78 is 23.6. The van der Waals surface area contributed by atoms with E-state index in [9.17, 15) is 9.59 Å². The van der Waals surface area contributed by atoms with Crippen molar-refractivity contribution in [2.75, 3.05) is 55.5 Å². The summed E-state index contributed by atoms with van der Waals surface area (Å²) in [5.74, 6) is 0.514. The van der Waals surface area contributed by atoms with Crippen molar-refractivity contribution >= 4 is 11.9 Å². The van der Waals surface area contributed by atoms with Crippen LogP contribution < -0.4 is 9.47 Å². The largest absolute Gasteiger partial charge is 0.497 e. The highest BCUT2D eigenvalue weighted by Crippen LogP contribution is 2.45. The number of ether oxygens (including phenoxy) is 4. The molecule has 252 valence electrons. The Morgan fingerprint density at radius 3 is 1.22 bits per heavy atom. The smallest absolute Gasteiger partial charge is 0.331 e. The van der Waals surface area contributed by atoms with Crippen LogP contribution in [0.25, 0.3) is 0 Å². The lowest BCUT2D eigenvalue weighted by atomic mass is 9.72.